The molecule has 192 valence electrons. The van der Waals surface area contributed by atoms with Crippen molar-refractivity contribution in [3.63, 3.8) is 0 Å². The molecule has 7 nitrogen and oxygen atoms in total. The number of anilines is 2. The molecule has 0 aliphatic heterocycles. The van der Waals surface area contributed by atoms with Gasteiger partial charge in [0.2, 0.25) is 5.91 Å². The Bertz CT molecular complexity index is 1330. The second-order valence-corrected chi connectivity index (χ2v) is 11.7. The number of nitrogens with zero attached hydrogens (tertiary/aromatic N) is 2. The van der Waals surface area contributed by atoms with Gasteiger partial charge in [-0.2, -0.15) is 0 Å². The molecule has 1 aromatic carbocycles. The Labute approximate surface area is 217 Å². The normalized spacial score (nSPS) is 27.9. The molecule has 37 heavy (non-hydrogen) atoms. The number of esters is 1. The summed E-state index contributed by atoms with van der Waals surface area (Å²) in [4.78, 5) is 30.9. The van der Waals surface area contributed by atoms with E-state index in [1.54, 1.807) is 0 Å². The number of amides is 1. The van der Waals surface area contributed by atoms with Crippen LogP contribution in [0.4, 0.5) is 11.4 Å². The number of carbonyl (C=O) groups is 2. The maximum atomic E-state index is 13.1. The van der Waals surface area contributed by atoms with Crippen LogP contribution in [0.15, 0.2) is 42.6 Å². The molecule has 5 fully saturated rings. The lowest BCUT2D eigenvalue weighted by Crippen LogP contribution is -2.51. The van der Waals surface area contributed by atoms with Gasteiger partial charge in [0.1, 0.15) is 5.65 Å². The second-order valence-electron chi connectivity index (χ2n) is 11.7. The van der Waals surface area contributed by atoms with Crippen LogP contribution in [0.5, 0.6) is 0 Å². The van der Waals surface area contributed by atoms with Gasteiger partial charge in [-0.05, 0) is 80.2 Å². The number of rotatable bonds is 7. The molecule has 5 aliphatic carbocycles. The lowest BCUT2D eigenvalue weighted by Gasteiger charge is -2.54. The molecule has 7 heteroatoms. The number of methoxy groups -OCH3 is 1. The predicted molar refractivity (Wildman–Crippen MR) is 142 cm³/mol. The summed E-state index contributed by atoms with van der Waals surface area (Å²) in [6.07, 6.45) is 10.4. The van der Waals surface area contributed by atoms with E-state index in [1.807, 2.05) is 41.1 Å². The summed E-state index contributed by atoms with van der Waals surface area (Å²) < 4.78 is 7.08. The molecule has 4 bridgehead atoms. The highest BCUT2D eigenvalue weighted by Gasteiger charge is 2.48. The summed E-state index contributed by atoms with van der Waals surface area (Å²) >= 11 is 0. The van der Waals surface area contributed by atoms with Crippen LogP contribution in [0.1, 0.15) is 61.0 Å². The van der Waals surface area contributed by atoms with Crippen LogP contribution < -0.4 is 10.6 Å². The van der Waals surface area contributed by atoms with Crippen molar-refractivity contribution in [1.82, 2.24) is 9.55 Å². The molecule has 5 aliphatic rings. The van der Waals surface area contributed by atoms with Crippen LogP contribution in [-0.2, 0) is 16.1 Å². The number of ether oxygens (including phenoxy) is 1. The fourth-order valence-electron chi connectivity index (χ4n) is 7.58. The third-order valence-electron chi connectivity index (χ3n) is 9.22. The highest BCUT2D eigenvalue weighted by Crippen LogP contribution is 2.54. The lowest BCUT2D eigenvalue weighted by molar-refractivity contribution is -0.117. The van der Waals surface area contributed by atoms with Gasteiger partial charge in [-0.1, -0.05) is 30.3 Å². The number of aromatic nitrogens is 2. The summed E-state index contributed by atoms with van der Waals surface area (Å²) in [7, 11) is 1.38. The van der Waals surface area contributed by atoms with Gasteiger partial charge < -0.3 is 19.9 Å². The van der Waals surface area contributed by atoms with Crippen molar-refractivity contribution in [2.75, 3.05) is 17.7 Å². The first-order valence-corrected chi connectivity index (χ1v) is 13.8. The fourth-order valence-corrected chi connectivity index (χ4v) is 7.58. The standard InChI is InChI=1S/C30H34N4O3/c1-37-30(36)27-26(33-29(35)20-7-8-20)24-14-23(15-31-28(24)34(27)16-17-5-3-2-4-6-17)32-25-21-10-18-9-19(12-21)13-22(25)11-18/h2-6,14-15,18-22,25,32H,7-13,16H2,1H3,(H,33,35). The van der Waals surface area contributed by atoms with Gasteiger partial charge in [0.25, 0.3) is 0 Å². The maximum Gasteiger partial charge on any atom is 0.356 e. The van der Waals surface area contributed by atoms with Gasteiger partial charge in [0.05, 0.1) is 24.7 Å². The van der Waals surface area contributed by atoms with Crippen LogP contribution in [0.25, 0.3) is 11.0 Å². The first kappa shape index (κ1) is 22.8. The van der Waals surface area contributed by atoms with Gasteiger partial charge in [0, 0.05) is 23.9 Å². The number of fused-ring (bicyclic) bond motifs is 1. The van der Waals surface area contributed by atoms with Gasteiger partial charge in [-0.25, -0.2) is 9.78 Å². The molecule has 8 rings (SSSR count). The van der Waals surface area contributed by atoms with Gasteiger partial charge in [-0.3, -0.25) is 4.79 Å². The predicted octanol–water partition coefficient (Wildman–Crippen LogP) is 5.46. The van der Waals surface area contributed by atoms with Crippen molar-refractivity contribution in [1.29, 1.82) is 0 Å². The Morgan fingerprint density at radius 3 is 2.38 bits per heavy atom. The monoisotopic (exact) mass is 498 g/mol. The molecule has 1 amide bonds. The van der Waals surface area contributed by atoms with Crippen molar-refractivity contribution in [3.8, 4) is 0 Å². The Kier molecular flexibility index (Phi) is 5.48. The molecule has 0 spiro atoms. The smallest absolute Gasteiger partial charge is 0.356 e. The first-order valence-electron chi connectivity index (χ1n) is 13.8. The zero-order chi connectivity index (χ0) is 25.1. The first-order chi connectivity index (χ1) is 18.1. The van der Waals surface area contributed by atoms with Crippen LogP contribution in [0, 0.1) is 29.6 Å². The average Bonchev–Trinajstić information content (AvgIpc) is 3.71. The summed E-state index contributed by atoms with van der Waals surface area (Å²) in [5, 5.41) is 7.72. The van der Waals surface area contributed by atoms with Crippen LogP contribution in [-0.4, -0.2) is 34.6 Å². The van der Waals surface area contributed by atoms with Crippen molar-refractivity contribution in [3.05, 3.63) is 53.9 Å². The quantitative estimate of drug-likeness (QED) is 0.423. The van der Waals surface area contributed by atoms with E-state index in [1.165, 1.54) is 39.2 Å². The summed E-state index contributed by atoms with van der Waals surface area (Å²) in [5.74, 6) is 2.79. The Hall–Kier alpha value is -3.35. The minimum Gasteiger partial charge on any atom is -0.464 e. The Balaban J connectivity index is 1.30. The minimum atomic E-state index is -0.476. The van der Waals surface area contributed by atoms with Crippen LogP contribution >= 0.6 is 0 Å². The topological polar surface area (TPSA) is 85.2 Å². The highest BCUT2D eigenvalue weighted by atomic mass is 16.5. The largest absolute Gasteiger partial charge is 0.464 e. The van der Waals surface area contributed by atoms with E-state index in [2.05, 4.69) is 16.7 Å². The summed E-state index contributed by atoms with van der Waals surface area (Å²) in [6, 6.07) is 12.5. The molecule has 2 heterocycles. The van der Waals surface area contributed by atoms with Gasteiger partial charge in [0.15, 0.2) is 5.69 Å². The highest BCUT2D eigenvalue weighted by molar-refractivity contribution is 6.11. The molecule has 3 aromatic rings. The zero-order valence-electron chi connectivity index (χ0n) is 21.3. The fraction of sp³-hybridized carbons (Fsp3) is 0.500. The summed E-state index contributed by atoms with van der Waals surface area (Å²) in [6.45, 7) is 0.455. The van der Waals surface area contributed by atoms with Crippen molar-refractivity contribution in [2.24, 2.45) is 29.6 Å². The van der Waals surface area contributed by atoms with E-state index >= 15 is 0 Å². The molecule has 0 unspecified atom stereocenters. The number of pyridine rings is 1. The van der Waals surface area contributed by atoms with E-state index in [0.717, 1.165) is 53.2 Å². The number of nitrogens with one attached hydrogen (secondary N) is 2. The molecule has 0 radical (unpaired) electrons. The molecule has 2 N–H and O–H groups in total. The number of benzene rings is 1. The average molecular weight is 499 g/mol. The Morgan fingerprint density at radius 1 is 1.03 bits per heavy atom. The second kappa shape index (κ2) is 8.89. The lowest BCUT2D eigenvalue weighted by atomic mass is 9.54. The number of hydrogen-bond donors (Lipinski definition) is 2. The van der Waals surface area contributed by atoms with Crippen molar-refractivity contribution in [2.45, 2.75) is 57.5 Å². The number of hydrogen-bond acceptors (Lipinski definition) is 5. The molecular weight excluding hydrogens is 464 g/mol. The molecule has 5 saturated carbocycles. The van der Waals surface area contributed by atoms with Crippen molar-refractivity contribution < 1.29 is 14.3 Å². The van der Waals surface area contributed by atoms with Crippen LogP contribution in [0.2, 0.25) is 0 Å². The van der Waals surface area contributed by atoms with Crippen molar-refractivity contribution >= 4 is 34.3 Å². The van der Waals surface area contributed by atoms with Gasteiger partial charge >= 0.3 is 5.97 Å². The van der Waals surface area contributed by atoms with E-state index in [0.29, 0.717) is 29.6 Å². The molecular formula is C30H34N4O3. The Morgan fingerprint density at radius 2 is 1.73 bits per heavy atom. The maximum absolute atomic E-state index is 13.1. The van der Waals surface area contributed by atoms with Crippen LogP contribution in [0.3, 0.4) is 0 Å². The van der Waals surface area contributed by atoms with E-state index < -0.39 is 5.97 Å². The third-order valence-corrected chi connectivity index (χ3v) is 9.22. The van der Waals surface area contributed by atoms with E-state index in [4.69, 9.17) is 9.72 Å². The van der Waals surface area contributed by atoms with Gasteiger partial charge in [-0.15, -0.1) is 0 Å². The van der Waals surface area contributed by atoms with E-state index in [-0.39, 0.29) is 11.8 Å². The third kappa shape index (κ3) is 4.09. The zero-order valence-corrected chi connectivity index (χ0v) is 21.3. The number of carbonyl (C=O) groups excluding carboxylic acids is 2. The SMILES string of the molecule is COC(=O)c1c(NC(=O)C2CC2)c2cc(NC3C4CC5CC(C4)CC3C5)cnc2n1Cc1ccccc1. The molecule has 2 aromatic heterocycles. The summed E-state index contributed by atoms with van der Waals surface area (Å²) in [5.41, 5.74) is 3.53. The molecule has 0 saturated heterocycles. The van der Waals surface area contributed by atoms with E-state index in [9.17, 15) is 9.59 Å². The minimum absolute atomic E-state index is 0.0142. The molecule has 0 atom stereocenters.